The Bertz CT molecular complexity index is 1430. The summed E-state index contributed by atoms with van der Waals surface area (Å²) in [6.45, 7) is 7.85. The summed E-state index contributed by atoms with van der Waals surface area (Å²) in [5.74, 6) is -0.0350. The number of methoxy groups -OCH3 is 2. The molecule has 4 rings (SSSR count). The molecule has 2 amide bonds. The lowest BCUT2D eigenvalue weighted by atomic mass is 10.1. The Balaban J connectivity index is 1.62. The van der Waals surface area contributed by atoms with E-state index >= 15 is 0 Å². The Kier molecular flexibility index (Phi) is 8.78. The van der Waals surface area contributed by atoms with E-state index in [-0.39, 0.29) is 49.4 Å². The Morgan fingerprint density at radius 1 is 1.02 bits per heavy atom. The van der Waals surface area contributed by atoms with Crippen molar-refractivity contribution in [2.75, 3.05) is 40.5 Å². The monoisotopic (exact) mass is 544 g/mol. The molecule has 3 aromatic rings. The number of aryl methyl sites for hydroxylation is 1. The van der Waals surface area contributed by atoms with Crippen molar-refractivity contribution in [2.24, 2.45) is 0 Å². The van der Waals surface area contributed by atoms with Crippen LogP contribution in [0.3, 0.4) is 0 Å². The molecule has 208 valence electrons. The third-order valence-corrected chi connectivity index (χ3v) is 6.68. The molecule has 1 fully saturated rings. The molecule has 1 unspecified atom stereocenters. The molecule has 10 nitrogen and oxygen atoms in total. The summed E-state index contributed by atoms with van der Waals surface area (Å²) in [6, 6.07) is 13.9. The summed E-state index contributed by atoms with van der Waals surface area (Å²) >= 11 is 0. The molecule has 10 heteroatoms. The summed E-state index contributed by atoms with van der Waals surface area (Å²) in [7, 11) is 3.04. The molecule has 1 aliphatic heterocycles. The predicted molar refractivity (Wildman–Crippen MR) is 149 cm³/mol. The Morgan fingerprint density at radius 2 is 1.77 bits per heavy atom. The summed E-state index contributed by atoms with van der Waals surface area (Å²) in [5, 5.41) is 0. The van der Waals surface area contributed by atoms with Crippen molar-refractivity contribution in [2.45, 2.75) is 19.9 Å². The first-order chi connectivity index (χ1) is 19.3. The van der Waals surface area contributed by atoms with E-state index in [0.29, 0.717) is 34.1 Å². The number of piperazine rings is 1. The van der Waals surface area contributed by atoms with Gasteiger partial charge in [-0.3, -0.25) is 9.59 Å². The second-order valence-electron chi connectivity index (χ2n) is 9.27. The van der Waals surface area contributed by atoms with Gasteiger partial charge in [-0.2, -0.15) is 0 Å². The molecule has 40 heavy (non-hydrogen) atoms. The molecule has 0 saturated carbocycles. The van der Waals surface area contributed by atoms with E-state index in [9.17, 15) is 14.4 Å². The molecule has 1 saturated heterocycles. The van der Waals surface area contributed by atoms with Crippen molar-refractivity contribution in [3.05, 3.63) is 83.7 Å². The molecule has 0 N–H and O–H groups in total. The van der Waals surface area contributed by atoms with Gasteiger partial charge in [-0.1, -0.05) is 43.0 Å². The maximum absolute atomic E-state index is 13.9. The highest BCUT2D eigenvalue weighted by atomic mass is 16.5. The second-order valence-corrected chi connectivity index (χ2v) is 9.27. The van der Waals surface area contributed by atoms with Crippen LogP contribution in [0.5, 0.6) is 11.5 Å². The molecule has 2 aromatic carbocycles. The van der Waals surface area contributed by atoms with E-state index in [2.05, 4.69) is 16.5 Å². The average Bonchev–Trinajstić information content (AvgIpc) is 2.98. The first-order valence-electron chi connectivity index (χ1n) is 12.8. The van der Waals surface area contributed by atoms with Crippen molar-refractivity contribution >= 4 is 17.8 Å². The number of hydrogen-bond acceptors (Lipinski definition) is 8. The minimum Gasteiger partial charge on any atom is -0.497 e. The van der Waals surface area contributed by atoms with Gasteiger partial charge < -0.3 is 24.0 Å². The van der Waals surface area contributed by atoms with Gasteiger partial charge in [0.15, 0.2) is 5.82 Å². The Hall–Kier alpha value is -4.73. The normalized spacial score (nSPS) is 14.8. The minimum absolute atomic E-state index is 0.0145. The second kappa shape index (κ2) is 12.4. The number of nitrogens with zero attached hydrogens (tertiary/aromatic N) is 4. The molecule has 0 aliphatic carbocycles. The molecule has 0 radical (unpaired) electrons. The van der Waals surface area contributed by atoms with Crippen LogP contribution < -0.4 is 9.47 Å². The smallest absolute Gasteiger partial charge is 0.342 e. The molecule has 1 aliphatic rings. The van der Waals surface area contributed by atoms with Crippen molar-refractivity contribution in [1.82, 2.24) is 19.8 Å². The van der Waals surface area contributed by atoms with E-state index in [1.54, 1.807) is 42.0 Å². The Morgan fingerprint density at radius 3 is 2.42 bits per heavy atom. The van der Waals surface area contributed by atoms with Crippen LogP contribution in [0.25, 0.3) is 11.4 Å². The summed E-state index contributed by atoms with van der Waals surface area (Å²) in [6.07, 6.45) is 1.45. The third-order valence-electron chi connectivity index (χ3n) is 6.68. The highest BCUT2D eigenvalue weighted by Gasteiger charge is 2.35. The van der Waals surface area contributed by atoms with Gasteiger partial charge in [0.2, 0.25) is 0 Å². The number of rotatable bonds is 8. The number of hydrogen-bond donors (Lipinski definition) is 0. The van der Waals surface area contributed by atoms with Crippen LogP contribution in [0.15, 0.2) is 61.2 Å². The number of carbonyl (C=O) groups excluding carboxylic acids is 3. The van der Waals surface area contributed by atoms with Gasteiger partial charge in [0, 0.05) is 37.3 Å². The number of benzene rings is 2. The van der Waals surface area contributed by atoms with Crippen molar-refractivity contribution < 1.29 is 28.6 Å². The largest absolute Gasteiger partial charge is 0.497 e. The fourth-order valence-corrected chi connectivity index (χ4v) is 4.62. The number of aromatic nitrogens is 2. The van der Waals surface area contributed by atoms with Crippen LogP contribution in [-0.4, -0.2) is 84.1 Å². The number of esters is 1. The third kappa shape index (κ3) is 5.80. The predicted octanol–water partition coefficient (Wildman–Crippen LogP) is 3.80. The molecule has 1 aromatic heterocycles. The maximum atomic E-state index is 13.9. The van der Waals surface area contributed by atoms with E-state index in [4.69, 9.17) is 14.2 Å². The zero-order valence-electron chi connectivity index (χ0n) is 23.0. The van der Waals surface area contributed by atoms with Gasteiger partial charge in [-0.15, -0.1) is 0 Å². The standard InChI is InChI=1S/C30H32N4O6/c1-6-16-40-30(37)25-20(3)31-27(21-10-8-7-9-11-21)32-26(25)29(36)33-14-15-34(19(2)18-33)28(35)23-13-12-22(38-4)17-24(23)39-5/h6-13,17,19H,1,14-16,18H2,2-5H3. The molecular formula is C30H32N4O6. The van der Waals surface area contributed by atoms with Crippen molar-refractivity contribution in [3.63, 3.8) is 0 Å². The molecule has 2 heterocycles. The van der Waals surface area contributed by atoms with Crippen LogP contribution in [0.4, 0.5) is 0 Å². The molecule has 0 spiro atoms. The first kappa shape index (κ1) is 28.3. The summed E-state index contributed by atoms with van der Waals surface area (Å²) in [4.78, 5) is 52.6. The van der Waals surface area contributed by atoms with Crippen LogP contribution in [0.1, 0.15) is 43.8 Å². The SMILES string of the molecule is C=CCOC(=O)c1c(C)nc(-c2ccccc2)nc1C(=O)N1CCN(C(=O)c2ccc(OC)cc2OC)C(C)C1. The van der Waals surface area contributed by atoms with Gasteiger partial charge in [0.05, 0.1) is 25.5 Å². The number of ether oxygens (including phenoxy) is 3. The van der Waals surface area contributed by atoms with Gasteiger partial charge in [-0.05, 0) is 26.0 Å². The minimum atomic E-state index is -0.700. The average molecular weight is 545 g/mol. The van der Waals surface area contributed by atoms with E-state index < -0.39 is 11.9 Å². The highest BCUT2D eigenvalue weighted by molar-refractivity contribution is 6.05. The lowest BCUT2D eigenvalue weighted by Crippen LogP contribution is -2.55. The molecule has 0 bridgehead atoms. The van der Waals surface area contributed by atoms with Crippen LogP contribution in [-0.2, 0) is 4.74 Å². The fourth-order valence-electron chi connectivity index (χ4n) is 4.62. The van der Waals surface area contributed by atoms with E-state index in [1.807, 2.05) is 37.3 Å². The van der Waals surface area contributed by atoms with Crippen LogP contribution >= 0.6 is 0 Å². The van der Waals surface area contributed by atoms with Gasteiger partial charge in [-0.25, -0.2) is 14.8 Å². The van der Waals surface area contributed by atoms with Gasteiger partial charge >= 0.3 is 5.97 Å². The maximum Gasteiger partial charge on any atom is 0.342 e. The zero-order valence-corrected chi connectivity index (χ0v) is 23.0. The van der Waals surface area contributed by atoms with Crippen molar-refractivity contribution in [3.8, 4) is 22.9 Å². The fraction of sp³-hybridized carbons (Fsp3) is 0.300. The van der Waals surface area contributed by atoms with Gasteiger partial charge in [0.1, 0.15) is 29.4 Å². The lowest BCUT2D eigenvalue weighted by molar-refractivity contribution is 0.0405. The van der Waals surface area contributed by atoms with Crippen LogP contribution in [0, 0.1) is 6.92 Å². The zero-order chi connectivity index (χ0) is 28.8. The topological polar surface area (TPSA) is 111 Å². The Labute approximate surface area is 233 Å². The highest BCUT2D eigenvalue weighted by Crippen LogP contribution is 2.28. The number of carbonyl (C=O) groups is 3. The molecular weight excluding hydrogens is 512 g/mol. The quantitative estimate of drug-likeness (QED) is 0.311. The summed E-state index contributed by atoms with van der Waals surface area (Å²) in [5.41, 5.74) is 1.42. The van der Waals surface area contributed by atoms with E-state index in [1.165, 1.54) is 13.2 Å². The number of amides is 2. The van der Waals surface area contributed by atoms with Gasteiger partial charge in [0.25, 0.3) is 11.8 Å². The van der Waals surface area contributed by atoms with Crippen molar-refractivity contribution in [1.29, 1.82) is 0 Å². The van der Waals surface area contributed by atoms with Crippen LogP contribution in [0.2, 0.25) is 0 Å². The first-order valence-corrected chi connectivity index (χ1v) is 12.8. The molecule has 1 atom stereocenters. The lowest BCUT2D eigenvalue weighted by Gasteiger charge is -2.40. The summed E-state index contributed by atoms with van der Waals surface area (Å²) < 4.78 is 15.9. The van der Waals surface area contributed by atoms with E-state index in [0.717, 1.165) is 0 Å².